The Labute approximate surface area is 153 Å². The maximum Gasteiger partial charge on any atom is 0.214 e. The van der Waals surface area contributed by atoms with Crippen LogP contribution in [0.5, 0.6) is 0 Å². The van der Waals surface area contributed by atoms with Gasteiger partial charge in [-0.2, -0.15) is 4.31 Å². The number of aliphatic hydroxyl groups is 1. The molecule has 0 amide bonds. The standard InChI is InChI=1S/C18H26F2N2O3S/c1-12-3-2-8-26(24,25)22(12)11-13-9-17(20)15(10-16(13)19)18(23)6-4-14(21)5-7-18/h9-10,12,14,23H,2-8,11,21H2,1H3. The van der Waals surface area contributed by atoms with E-state index in [0.717, 1.165) is 12.1 Å². The number of benzene rings is 1. The summed E-state index contributed by atoms with van der Waals surface area (Å²) >= 11 is 0. The molecular formula is C18H26F2N2O3S. The van der Waals surface area contributed by atoms with Crippen LogP contribution in [0.4, 0.5) is 8.78 Å². The maximum absolute atomic E-state index is 14.7. The van der Waals surface area contributed by atoms with E-state index in [-0.39, 0.29) is 48.3 Å². The van der Waals surface area contributed by atoms with Crippen molar-refractivity contribution in [2.75, 3.05) is 5.75 Å². The highest BCUT2D eigenvalue weighted by Crippen LogP contribution is 2.39. The van der Waals surface area contributed by atoms with Gasteiger partial charge in [0.05, 0.1) is 11.4 Å². The van der Waals surface area contributed by atoms with Crippen LogP contribution in [-0.2, 0) is 22.2 Å². The molecule has 1 aliphatic heterocycles. The van der Waals surface area contributed by atoms with E-state index < -0.39 is 27.3 Å². The van der Waals surface area contributed by atoms with E-state index in [1.165, 1.54) is 4.31 Å². The first-order valence-corrected chi connectivity index (χ1v) is 10.7. The highest BCUT2D eigenvalue weighted by Gasteiger charge is 2.37. The van der Waals surface area contributed by atoms with Gasteiger partial charge < -0.3 is 10.8 Å². The van der Waals surface area contributed by atoms with Crippen LogP contribution >= 0.6 is 0 Å². The molecule has 1 aromatic rings. The third-order valence-electron chi connectivity index (χ3n) is 5.69. The van der Waals surface area contributed by atoms with Crippen molar-refractivity contribution < 1.29 is 22.3 Å². The molecule has 0 bridgehead atoms. The fourth-order valence-electron chi connectivity index (χ4n) is 3.97. The van der Waals surface area contributed by atoms with Gasteiger partial charge in [-0.1, -0.05) is 0 Å². The SMILES string of the molecule is CC1CCCS(=O)(=O)N1Cc1cc(F)c(C2(O)CCC(N)CC2)cc1F. The molecule has 1 atom stereocenters. The van der Waals surface area contributed by atoms with Crippen molar-refractivity contribution in [2.45, 2.75) is 69.7 Å². The summed E-state index contributed by atoms with van der Waals surface area (Å²) in [5.41, 5.74) is 4.32. The minimum atomic E-state index is -3.47. The maximum atomic E-state index is 14.7. The number of hydrogen-bond donors (Lipinski definition) is 2. The number of sulfonamides is 1. The first-order valence-electron chi connectivity index (χ1n) is 9.08. The van der Waals surface area contributed by atoms with Crippen LogP contribution in [0.25, 0.3) is 0 Å². The highest BCUT2D eigenvalue weighted by atomic mass is 32.2. The molecule has 2 aliphatic rings. The van der Waals surface area contributed by atoms with Crippen molar-refractivity contribution in [2.24, 2.45) is 5.73 Å². The quantitative estimate of drug-likeness (QED) is 0.833. The predicted octanol–water partition coefficient (Wildman–Crippen LogP) is 2.37. The lowest BCUT2D eigenvalue weighted by molar-refractivity contribution is -0.00831. The number of nitrogens with two attached hydrogens (primary N) is 1. The first kappa shape index (κ1) is 19.7. The third-order valence-corrected chi connectivity index (χ3v) is 7.70. The molecule has 1 unspecified atom stereocenters. The summed E-state index contributed by atoms with van der Waals surface area (Å²) in [4.78, 5) is 0. The summed E-state index contributed by atoms with van der Waals surface area (Å²) in [6.07, 6.45) is 2.92. The average molecular weight is 388 g/mol. The monoisotopic (exact) mass is 388 g/mol. The van der Waals surface area contributed by atoms with Crippen molar-refractivity contribution >= 4 is 10.0 Å². The Morgan fingerprint density at radius 2 is 1.88 bits per heavy atom. The Kier molecular flexibility index (Phi) is 5.40. The molecule has 1 heterocycles. The van der Waals surface area contributed by atoms with Crippen LogP contribution in [0.2, 0.25) is 0 Å². The summed E-state index contributed by atoms with van der Waals surface area (Å²) in [5, 5.41) is 10.7. The smallest absolute Gasteiger partial charge is 0.214 e. The zero-order chi connectivity index (χ0) is 19.1. The second-order valence-corrected chi connectivity index (χ2v) is 9.69. The van der Waals surface area contributed by atoms with E-state index in [9.17, 15) is 22.3 Å². The molecule has 1 aromatic carbocycles. The minimum absolute atomic E-state index is 0.0142. The summed E-state index contributed by atoms with van der Waals surface area (Å²) in [5.74, 6) is -1.38. The lowest BCUT2D eigenvalue weighted by atomic mass is 9.77. The lowest BCUT2D eigenvalue weighted by Gasteiger charge is -2.36. The molecule has 8 heteroatoms. The van der Waals surface area contributed by atoms with Crippen molar-refractivity contribution in [3.63, 3.8) is 0 Å². The molecule has 5 nitrogen and oxygen atoms in total. The van der Waals surface area contributed by atoms with Crippen LogP contribution in [0.15, 0.2) is 12.1 Å². The van der Waals surface area contributed by atoms with Crippen molar-refractivity contribution in [1.29, 1.82) is 0 Å². The van der Waals surface area contributed by atoms with Crippen LogP contribution in [0.1, 0.15) is 56.6 Å². The van der Waals surface area contributed by atoms with Crippen LogP contribution in [0, 0.1) is 11.6 Å². The minimum Gasteiger partial charge on any atom is -0.385 e. The zero-order valence-corrected chi connectivity index (χ0v) is 15.7. The molecule has 3 rings (SSSR count). The van der Waals surface area contributed by atoms with Crippen LogP contribution in [-0.4, -0.2) is 35.7 Å². The summed E-state index contributed by atoms with van der Waals surface area (Å²) < 4.78 is 55.0. The van der Waals surface area contributed by atoms with Gasteiger partial charge in [0.15, 0.2) is 0 Å². The van der Waals surface area contributed by atoms with Gasteiger partial charge in [0.1, 0.15) is 11.6 Å². The van der Waals surface area contributed by atoms with E-state index in [1.807, 2.05) is 0 Å². The molecule has 0 spiro atoms. The fourth-order valence-corrected chi connectivity index (χ4v) is 5.73. The molecule has 3 N–H and O–H groups in total. The van der Waals surface area contributed by atoms with Gasteiger partial charge in [0.25, 0.3) is 0 Å². The van der Waals surface area contributed by atoms with Crippen molar-refractivity contribution in [3.05, 3.63) is 34.9 Å². The summed E-state index contributed by atoms with van der Waals surface area (Å²) in [7, 11) is -3.47. The average Bonchev–Trinajstić information content (AvgIpc) is 2.56. The number of rotatable bonds is 3. The first-order chi connectivity index (χ1) is 12.1. The number of halogens is 2. The van der Waals surface area contributed by atoms with Gasteiger partial charge in [-0.3, -0.25) is 0 Å². The molecule has 26 heavy (non-hydrogen) atoms. The Hall–Kier alpha value is -1.09. The molecule has 2 fully saturated rings. The Balaban J connectivity index is 1.88. The fraction of sp³-hybridized carbons (Fsp3) is 0.667. The molecule has 1 aliphatic carbocycles. The molecular weight excluding hydrogens is 362 g/mol. The second kappa shape index (κ2) is 7.14. The van der Waals surface area contributed by atoms with Gasteiger partial charge in [0, 0.05) is 29.8 Å². The summed E-state index contributed by atoms with van der Waals surface area (Å²) in [6.45, 7) is 1.57. The molecule has 1 saturated heterocycles. The molecule has 1 saturated carbocycles. The van der Waals surface area contributed by atoms with E-state index in [4.69, 9.17) is 5.73 Å². The Bertz CT molecular complexity index is 777. The topological polar surface area (TPSA) is 83.6 Å². The zero-order valence-electron chi connectivity index (χ0n) is 14.9. The normalized spacial score (nSPS) is 32.5. The van der Waals surface area contributed by atoms with Gasteiger partial charge in [0.2, 0.25) is 10.0 Å². The van der Waals surface area contributed by atoms with E-state index in [1.54, 1.807) is 6.92 Å². The number of hydrogen-bond acceptors (Lipinski definition) is 4. The van der Waals surface area contributed by atoms with Crippen LogP contribution in [0.3, 0.4) is 0 Å². The van der Waals surface area contributed by atoms with Crippen molar-refractivity contribution in [3.8, 4) is 0 Å². The number of nitrogens with zero attached hydrogens (tertiary/aromatic N) is 1. The second-order valence-electron chi connectivity index (χ2n) is 7.64. The van der Waals surface area contributed by atoms with Crippen molar-refractivity contribution in [1.82, 2.24) is 4.31 Å². The largest absolute Gasteiger partial charge is 0.385 e. The molecule has 146 valence electrons. The molecule has 0 radical (unpaired) electrons. The highest BCUT2D eigenvalue weighted by molar-refractivity contribution is 7.89. The predicted molar refractivity (Wildman–Crippen MR) is 94.7 cm³/mol. The van der Waals surface area contributed by atoms with E-state index in [0.29, 0.717) is 25.7 Å². The molecule has 0 aromatic heterocycles. The van der Waals surface area contributed by atoms with Gasteiger partial charge in [-0.05, 0) is 57.6 Å². The van der Waals surface area contributed by atoms with Crippen LogP contribution < -0.4 is 5.73 Å². The van der Waals surface area contributed by atoms with Gasteiger partial charge >= 0.3 is 0 Å². The Morgan fingerprint density at radius 3 is 2.50 bits per heavy atom. The summed E-state index contributed by atoms with van der Waals surface area (Å²) in [6, 6.07) is 1.75. The van der Waals surface area contributed by atoms with E-state index in [2.05, 4.69) is 0 Å². The third kappa shape index (κ3) is 3.78. The van der Waals surface area contributed by atoms with Gasteiger partial charge in [-0.15, -0.1) is 0 Å². The van der Waals surface area contributed by atoms with E-state index >= 15 is 0 Å². The van der Waals surface area contributed by atoms with Gasteiger partial charge in [-0.25, -0.2) is 17.2 Å². The Morgan fingerprint density at radius 1 is 1.23 bits per heavy atom. The lowest BCUT2D eigenvalue weighted by Crippen LogP contribution is -2.43.